The van der Waals surface area contributed by atoms with Gasteiger partial charge in [-0.1, -0.05) is 0 Å². The number of nitrogens with zero attached hydrogens (tertiary/aromatic N) is 1. The van der Waals surface area contributed by atoms with E-state index in [4.69, 9.17) is 0 Å². The predicted molar refractivity (Wildman–Crippen MR) is 68.8 cm³/mol. The van der Waals surface area contributed by atoms with Gasteiger partial charge in [0.15, 0.2) is 0 Å². The molecule has 0 saturated carbocycles. The van der Waals surface area contributed by atoms with Crippen LogP contribution in [-0.2, 0) is 0 Å². The third-order valence-corrected chi connectivity index (χ3v) is 2.91. The highest BCUT2D eigenvalue weighted by atomic mass is 16.1. The summed E-state index contributed by atoms with van der Waals surface area (Å²) in [5.74, 6) is 0. The molecule has 0 saturated heterocycles. The Morgan fingerprint density at radius 2 is 1.59 bits per heavy atom. The number of aromatic nitrogens is 2. The number of fused-ring (bicyclic) bond motifs is 1. The summed E-state index contributed by atoms with van der Waals surface area (Å²) in [6.07, 6.45) is 0. The summed E-state index contributed by atoms with van der Waals surface area (Å²) in [7, 11) is 0. The molecular weight excluding hydrogens is 218 g/mol. The monoisotopic (exact) mass is 233 g/mol. The maximum Gasteiger partial charge on any atom is 0.270 e. The second-order valence-corrected chi connectivity index (χ2v) is 3.81. The highest BCUT2D eigenvalue weighted by Crippen LogP contribution is 2.17. The largest absolute Gasteiger partial charge is 0.372 e. The molecule has 1 aromatic carbocycles. The average molecular weight is 233 g/mol. The fraction of sp³-hybridized carbons (Fsp3) is 0.333. The van der Waals surface area contributed by atoms with E-state index in [1.807, 2.05) is 6.07 Å². The first-order chi connectivity index (χ1) is 8.17. The summed E-state index contributed by atoms with van der Waals surface area (Å²) >= 11 is 0. The van der Waals surface area contributed by atoms with Crippen molar-refractivity contribution in [1.82, 2.24) is 10.2 Å². The van der Waals surface area contributed by atoms with Crippen molar-refractivity contribution in [2.75, 3.05) is 18.0 Å². The topological polar surface area (TPSA) is 69.0 Å². The zero-order chi connectivity index (χ0) is 12.4. The lowest BCUT2D eigenvalue weighted by Gasteiger charge is -2.21. The molecule has 2 aromatic rings. The van der Waals surface area contributed by atoms with Crippen LogP contribution in [0.25, 0.3) is 10.8 Å². The van der Waals surface area contributed by atoms with E-state index in [9.17, 15) is 9.59 Å². The van der Waals surface area contributed by atoms with E-state index in [2.05, 4.69) is 28.9 Å². The highest BCUT2D eigenvalue weighted by Gasteiger charge is 2.07. The lowest BCUT2D eigenvalue weighted by Crippen LogP contribution is -2.23. The number of aromatic amines is 2. The summed E-state index contributed by atoms with van der Waals surface area (Å²) in [6.45, 7) is 5.83. The standard InChI is InChI=1S/C12H15N3O2/c1-3-15(4-2)8-5-6-9-10(7-8)12(17)14-13-11(9)16/h5-7H,3-4H2,1-2H3,(H,13,16)(H,14,17). The Morgan fingerprint density at radius 1 is 1.00 bits per heavy atom. The first kappa shape index (κ1) is 11.4. The van der Waals surface area contributed by atoms with Crippen molar-refractivity contribution in [3.05, 3.63) is 38.9 Å². The van der Waals surface area contributed by atoms with Crippen LogP contribution in [0.3, 0.4) is 0 Å². The Hall–Kier alpha value is -2.04. The summed E-state index contributed by atoms with van der Waals surface area (Å²) < 4.78 is 0. The third kappa shape index (κ3) is 1.95. The Morgan fingerprint density at radius 3 is 2.18 bits per heavy atom. The molecule has 0 fully saturated rings. The Kier molecular flexibility index (Phi) is 2.99. The molecule has 0 bridgehead atoms. The molecule has 17 heavy (non-hydrogen) atoms. The molecule has 0 radical (unpaired) electrons. The summed E-state index contributed by atoms with van der Waals surface area (Å²) in [5, 5.41) is 5.50. The molecule has 0 aliphatic rings. The molecule has 0 aliphatic carbocycles. The molecule has 0 amide bonds. The lowest BCUT2D eigenvalue weighted by molar-refractivity contribution is 0.867. The molecule has 0 unspecified atom stereocenters. The van der Waals surface area contributed by atoms with Gasteiger partial charge >= 0.3 is 0 Å². The summed E-state index contributed by atoms with van der Waals surface area (Å²) in [6, 6.07) is 5.32. The van der Waals surface area contributed by atoms with Crippen molar-refractivity contribution in [2.45, 2.75) is 13.8 Å². The maximum absolute atomic E-state index is 11.6. The van der Waals surface area contributed by atoms with Gasteiger partial charge in [0, 0.05) is 18.8 Å². The van der Waals surface area contributed by atoms with Crippen LogP contribution in [0.1, 0.15) is 13.8 Å². The Bertz CT molecular complexity index is 638. The van der Waals surface area contributed by atoms with Crippen LogP contribution < -0.4 is 16.0 Å². The van der Waals surface area contributed by atoms with Gasteiger partial charge in [-0.05, 0) is 32.0 Å². The van der Waals surface area contributed by atoms with Crippen LogP contribution in [0.5, 0.6) is 0 Å². The smallest absolute Gasteiger partial charge is 0.270 e. The van der Waals surface area contributed by atoms with Gasteiger partial charge < -0.3 is 4.90 Å². The van der Waals surface area contributed by atoms with Crippen LogP contribution in [0, 0.1) is 0 Å². The number of anilines is 1. The summed E-state index contributed by atoms with van der Waals surface area (Å²) in [4.78, 5) is 25.3. The molecule has 1 aromatic heterocycles. The molecule has 0 atom stereocenters. The molecule has 5 heteroatoms. The zero-order valence-corrected chi connectivity index (χ0v) is 9.91. The number of H-pyrrole nitrogens is 2. The first-order valence-electron chi connectivity index (χ1n) is 5.67. The van der Waals surface area contributed by atoms with Crippen molar-refractivity contribution < 1.29 is 0 Å². The molecule has 2 rings (SSSR count). The SMILES string of the molecule is CCN(CC)c1ccc2c(=O)[nH][nH]c(=O)c2c1. The Balaban J connectivity index is 2.69. The van der Waals surface area contributed by atoms with E-state index >= 15 is 0 Å². The van der Waals surface area contributed by atoms with Crippen LogP contribution in [-0.4, -0.2) is 23.3 Å². The molecule has 0 spiro atoms. The third-order valence-electron chi connectivity index (χ3n) is 2.91. The molecule has 2 N–H and O–H groups in total. The van der Waals surface area contributed by atoms with Crippen molar-refractivity contribution in [1.29, 1.82) is 0 Å². The van der Waals surface area contributed by atoms with E-state index in [1.54, 1.807) is 12.1 Å². The highest BCUT2D eigenvalue weighted by molar-refractivity contribution is 5.84. The van der Waals surface area contributed by atoms with E-state index in [1.165, 1.54) is 0 Å². The fourth-order valence-corrected chi connectivity index (χ4v) is 1.95. The predicted octanol–water partition coefficient (Wildman–Crippen LogP) is 1.06. The summed E-state index contributed by atoms with van der Waals surface area (Å²) in [5.41, 5.74) is 0.415. The van der Waals surface area contributed by atoms with Gasteiger partial charge in [-0.2, -0.15) is 0 Å². The first-order valence-corrected chi connectivity index (χ1v) is 5.67. The molecule has 5 nitrogen and oxygen atoms in total. The Labute approximate surface area is 98.1 Å². The average Bonchev–Trinajstić information content (AvgIpc) is 2.36. The van der Waals surface area contributed by atoms with Crippen molar-refractivity contribution in [2.24, 2.45) is 0 Å². The van der Waals surface area contributed by atoms with Gasteiger partial charge in [0.25, 0.3) is 11.1 Å². The van der Waals surface area contributed by atoms with Crippen LogP contribution in [0.2, 0.25) is 0 Å². The van der Waals surface area contributed by atoms with Gasteiger partial charge in [-0.25, -0.2) is 0 Å². The molecule has 90 valence electrons. The van der Waals surface area contributed by atoms with Gasteiger partial charge in [-0.15, -0.1) is 0 Å². The number of hydrogen-bond donors (Lipinski definition) is 2. The quantitative estimate of drug-likeness (QED) is 0.833. The van der Waals surface area contributed by atoms with Crippen molar-refractivity contribution >= 4 is 16.5 Å². The number of rotatable bonds is 3. The van der Waals surface area contributed by atoms with Gasteiger partial charge in [-0.3, -0.25) is 19.8 Å². The molecule has 1 heterocycles. The second-order valence-electron chi connectivity index (χ2n) is 3.81. The number of benzene rings is 1. The van der Waals surface area contributed by atoms with Gasteiger partial charge in [0.05, 0.1) is 10.8 Å². The van der Waals surface area contributed by atoms with Crippen LogP contribution in [0.4, 0.5) is 5.69 Å². The van der Waals surface area contributed by atoms with E-state index < -0.39 is 0 Å². The van der Waals surface area contributed by atoms with Gasteiger partial charge in [0.2, 0.25) is 0 Å². The number of nitrogens with one attached hydrogen (secondary N) is 2. The minimum Gasteiger partial charge on any atom is -0.372 e. The zero-order valence-electron chi connectivity index (χ0n) is 9.91. The van der Waals surface area contributed by atoms with E-state index in [0.29, 0.717) is 10.8 Å². The molecule has 0 aliphatic heterocycles. The minimum atomic E-state index is -0.273. The number of hydrogen-bond acceptors (Lipinski definition) is 3. The van der Waals surface area contributed by atoms with Crippen molar-refractivity contribution in [3.8, 4) is 0 Å². The minimum absolute atomic E-state index is 0.270. The van der Waals surface area contributed by atoms with Crippen LogP contribution in [0.15, 0.2) is 27.8 Å². The molecular formula is C12H15N3O2. The maximum atomic E-state index is 11.6. The van der Waals surface area contributed by atoms with Crippen molar-refractivity contribution in [3.63, 3.8) is 0 Å². The normalized spacial score (nSPS) is 10.7. The van der Waals surface area contributed by atoms with Crippen LogP contribution >= 0.6 is 0 Å². The second kappa shape index (κ2) is 4.45. The fourth-order valence-electron chi connectivity index (χ4n) is 1.95. The van der Waals surface area contributed by atoms with Gasteiger partial charge in [0.1, 0.15) is 0 Å². The van der Waals surface area contributed by atoms with E-state index in [-0.39, 0.29) is 11.1 Å². The van der Waals surface area contributed by atoms with E-state index in [0.717, 1.165) is 18.8 Å². The lowest BCUT2D eigenvalue weighted by atomic mass is 10.1.